The number of nitrogens with one attached hydrogen (secondary N) is 1. The van der Waals surface area contributed by atoms with Crippen LogP contribution in [0, 0.1) is 5.41 Å². The second-order valence-corrected chi connectivity index (χ2v) is 9.21. The highest BCUT2D eigenvalue weighted by molar-refractivity contribution is 5.94. The third kappa shape index (κ3) is 6.77. The molecule has 1 fully saturated rings. The summed E-state index contributed by atoms with van der Waals surface area (Å²) in [5.74, 6) is 1.47. The number of ether oxygens (including phenoxy) is 2. The summed E-state index contributed by atoms with van der Waals surface area (Å²) in [7, 11) is 1.64. The topological polar surface area (TPSA) is 50.8 Å². The van der Waals surface area contributed by atoms with E-state index in [1.807, 2.05) is 48.5 Å². The third-order valence-electron chi connectivity index (χ3n) is 5.24. The quantitative estimate of drug-likeness (QED) is 0.729. The van der Waals surface area contributed by atoms with E-state index >= 15 is 0 Å². The first-order chi connectivity index (χ1) is 14.3. The predicted octanol–water partition coefficient (Wildman–Crippen LogP) is 4.51. The molecule has 0 aliphatic carbocycles. The number of nitrogens with zero attached hydrogens (tertiary/aromatic N) is 1. The van der Waals surface area contributed by atoms with Crippen molar-refractivity contribution in [2.75, 3.05) is 26.7 Å². The van der Waals surface area contributed by atoms with Gasteiger partial charge >= 0.3 is 0 Å². The van der Waals surface area contributed by atoms with Crippen molar-refractivity contribution >= 4 is 5.91 Å². The molecule has 2 aromatic rings. The lowest BCUT2D eigenvalue weighted by molar-refractivity contribution is 0.0808. The van der Waals surface area contributed by atoms with Crippen molar-refractivity contribution in [1.82, 2.24) is 10.2 Å². The fourth-order valence-corrected chi connectivity index (χ4v) is 3.79. The number of amides is 1. The van der Waals surface area contributed by atoms with Crippen molar-refractivity contribution in [2.24, 2.45) is 5.41 Å². The number of rotatable bonds is 7. The highest BCUT2D eigenvalue weighted by Crippen LogP contribution is 2.23. The van der Waals surface area contributed by atoms with E-state index in [0.29, 0.717) is 17.5 Å². The lowest BCUT2D eigenvalue weighted by atomic mass is 9.94. The van der Waals surface area contributed by atoms with Gasteiger partial charge in [0.05, 0.1) is 7.11 Å². The van der Waals surface area contributed by atoms with Crippen molar-refractivity contribution in [3.05, 3.63) is 59.7 Å². The average Bonchev–Trinajstić information content (AvgIpc) is 2.73. The van der Waals surface area contributed by atoms with Crippen LogP contribution in [0.25, 0.3) is 0 Å². The maximum absolute atomic E-state index is 12.6. The number of methoxy groups -OCH3 is 1. The minimum atomic E-state index is -0.101. The number of carbonyl (C=O) groups is 1. The fraction of sp³-hybridized carbons (Fsp3) is 0.480. The van der Waals surface area contributed by atoms with E-state index in [4.69, 9.17) is 9.47 Å². The molecule has 0 bridgehead atoms. The van der Waals surface area contributed by atoms with E-state index in [-0.39, 0.29) is 12.0 Å². The molecular weight excluding hydrogens is 376 g/mol. The Bertz CT molecular complexity index is 819. The second-order valence-electron chi connectivity index (χ2n) is 9.21. The third-order valence-corrected chi connectivity index (χ3v) is 5.24. The normalized spacial score (nSPS) is 15.6. The summed E-state index contributed by atoms with van der Waals surface area (Å²) in [6.45, 7) is 10.5. The Morgan fingerprint density at radius 3 is 2.40 bits per heavy atom. The molecule has 5 heteroatoms. The molecule has 5 nitrogen and oxygen atoms in total. The molecule has 1 aliphatic heterocycles. The van der Waals surface area contributed by atoms with E-state index in [0.717, 1.165) is 49.5 Å². The van der Waals surface area contributed by atoms with Crippen LogP contribution in [0.5, 0.6) is 11.5 Å². The molecule has 1 N–H and O–H groups in total. The molecule has 1 aliphatic rings. The Morgan fingerprint density at radius 1 is 1.07 bits per heavy atom. The van der Waals surface area contributed by atoms with E-state index in [2.05, 4.69) is 31.0 Å². The zero-order chi connectivity index (χ0) is 21.6. The van der Waals surface area contributed by atoms with Gasteiger partial charge in [-0.15, -0.1) is 0 Å². The summed E-state index contributed by atoms with van der Waals surface area (Å²) in [6, 6.07) is 15.2. The summed E-state index contributed by atoms with van der Waals surface area (Å²) >= 11 is 0. The van der Waals surface area contributed by atoms with Crippen molar-refractivity contribution < 1.29 is 14.3 Å². The molecule has 0 spiro atoms. The average molecular weight is 411 g/mol. The summed E-state index contributed by atoms with van der Waals surface area (Å²) in [5.41, 5.74) is 1.96. The van der Waals surface area contributed by atoms with Crippen molar-refractivity contribution in [1.29, 1.82) is 0 Å². The fourth-order valence-electron chi connectivity index (χ4n) is 3.79. The molecule has 30 heavy (non-hydrogen) atoms. The number of hydrogen-bond donors (Lipinski definition) is 1. The molecule has 0 aromatic heterocycles. The van der Waals surface area contributed by atoms with Crippen molar-refractivity contribution in [3.63, 3.8) is 0 Å². The van der Waals surface area contributed by atoms with Gasteiger partial charge in [0.1, 0.15) is 17.6 Å². The molecule has 0 radical (unpaired) electrons. The van der Waals surface area contributed by atoms with Gasteiger partial charge in [-0.05, 0) is 54.2 Å². The Labute approximate surface area is 180 Å². The molecule has 1 heterocycles. The van der Waals surface area contributed by atoms with Gasteiger partial charge in [-0.2, -0.15) is 0 Å². The van der Waals surface area contributed by atoms with Gasteiger partial charge in [0.25, 0.3) is 5.91 Å². The molecule has 1 saturated heterocycles. The Morgan fingerprint density at radius 2 is 1.77 bits per heavy atom. The second kappa shape index (κ2) is 9.98. The zero-order valence-electron chi connectivity index (χ0n) is 18.6. The van der Waals surface area contributed by atoms with Gasteiger partial charge in [0.15, 0.2) is 0 Å². The highest BCUT2D eigenvalue weighted by Gasteiger charge is 2.24. The number of benzene rings is 2. The first-order valence-electron chi connectivity index (χ1n) is 10.7. The largest absolute Gasteiger partial charge is 0.497 e. The lowest BCUT2D eigenvalue weighted by Gasteiger charge is -2.36. The van der Waals surface area contributed by atoms with Gasteiger partial charge in [-0.3, -0.25) is 4.79 Å². The van der Waals surface area contributed by atoms with Crippen LogP contribution in [-0.2, 0) is 6.54 Å². The van der Waals surface area contributed by atoms with Crippen LogP contribution < -0.4 is 14.8 Å². The molecule has 3 rings (SSSR count). The lowest BCUT2D eigenvalue weighted by Crippen LogP contribution is -2.42. The van der Waals surface area contributed by atoms with Gasteiger partial charge < -0.3 is 19.7 Å². The summed E-state index contributed by atoms with van der Waals surface area (Å²) in [6.07, 6.45) is 2.24. The standard InChI is InChI=1S/C25H34N2O3/c1-25(2,3)18-27-14-12-22(13-15-27)30-23-7-5-6-20(16-23)24(28)26-17-19-8-10-21(29-4)11-9-19/h5-11,16,22H,12-15,17-18H2,1-4H3,(H,26,28). The van der Waals surface area contributed by atoms with Crippen LogP contribution in [-0.4, -0.2) is 43.7 Å². The van der Waals surface area contributed by atoms with E-state index < -0.39 is 0 Å². The minimum absolute atomic E-state index is 0.101. The van der Waals surface area contributed by atoms with E-state index in [1.54, 1.807) is 7.11 Å². The number of piperidine rings is 1. The number of hydrogen-bond acceptors (Lipinski definition) is 4. The molecule has 1 amide bonds. The smallest absolute Gasteiger partial charge is 0.251 e. The van der Waals surface area contributed by atoms with Gasteiger partial charge in [-0.1, -0.05) is 39.0 Å². The molecule has 0 atom stereocenters. The van der Waals surface area contributed by atoms with Crippen molar-refractivity contribution in [2.45, 2.75) is 46.3 Å². The van der Waals surface area contributed by atoms with Gasteiger partial charge in [0, 0.05) is 31.7 Å². The maximum atomic E-state index is 12.6. The monoisotopic (exact) mass is 410 g/mol. The van der Waals surface area contributed by atoms with Crippen molar-refractivity contribution in [3.8, 4) is 11.5 Å². The minimum Gasteiger partial charge on any atom is -0.497 e. The summed E-state index contributed by atoms with van der Waals surface area (Å²) in [5, 5.41) is 2.97. The molecule has 0 unspecified atom stereocenters. The van der Waals surface area contributed by atoms with Crippen LogP contribution in [0.15, 0.2) is 48.5 Å². The summed E-state index contributed by atoms with van der Waals surface area (Å²) in [4.78, 5) is 15.1. The summed E-state index contributed by atoms with van der Waals surface area (Å²) < 4.78 is 11.4. The van der Waals surface area contributed by atoms with E-state index in [1.165, 1.54) is 0 Å². The van der Waals surface area contributed by atoms with Crippen LogP contribution in [0.1, 0.15) is 49.5 Å². The van der Waals surface area contributed by atoms with Crippen LogP contribution in [0.3, 0.4) is 0 Å². The predicted molar refractivity (Wildman–Crippen MR) is 120 cm³/mol. The molecule has 162 valence electrons. The van der Waals surface area contributed by atoms with Crippen LogP contribution in [0.2, 0.25) is 0 Å². The zero-order valence-corrected chi connectivity index (χ0v) is 18.6. The Balaban J connectivity index is 1.50. The Kier molecular flexibility index (Phi) is 7.38. The molecule has 2 aromatic carbocycles. The molecular formula is C25H34N2O3. The molecule has 0 saturated carbocycles. The van der Waals surface area contributed by atoms with Crippen LogP contribution >= 0.6 is 0 Å². The first kappa shape index (κ1) is 22.2. The van der Waals surface area contributed by atoms with Gasteiger partial charge in [0.2, 0.25) is 0 Å². The Hall–Kier alpha value is -2.53. The van der Waals surface area contributed by atoms with Crippen LogP contribution in [0.4, 0.5) is 0 Å². The highest BCUT2D eigenvalue weighted by atomic mass is 16.5. The number of likely N-dealkylation sites (tertiary alicyclic amines) is 1. The first-order valence-corrected chi connectivity index (χ1v) is 10.7. The maximum Gasteiger partial charge on any atom is 0.251 e. The van der Waals surface area contributed by atoms with E-state index in [9.17, 15) is 4.79 Å². The number of carbonyl (C=O) groups excluding carboxylic acids is 1. The SMILES string of the molecule is COc1ccc(CNC(=O)c2cccc(OC3CCN(CC(C)(C)C)CC3)c2)cc1. The van der Waals surface area contributed by atoms with Gasteiger partial charge in [-0.25, -0.2) is 0 Å².